The number of hydrogen-bond donors (Lipinski definition) is 0. The topological polar surface area (TPSA) is 86.5 Å². The van der Waals surface area contributed by atoms with Crippen LogP contribution in [-0.4, -0.2) is 16.5 Å². The summed E-state index contributed by atoms with van der Waals surface area (Å²) in [6, 6.07) is 21.1. The van der Waals surface area contributed by atoms with E-state index in [-0.39, 0.29) is 11.8 Å². The maximum Gasteiger partial charge on any atom is 0.269 e. The fraction of sp³-hybridized carbons (Fsp3) is 0.154. The average molecular weight is 425 g/mol. The predicted octanol–water partition coefficient (Wildman–Crippen LogP) is 5.33. The predicted molar refractivity (Wildman–Crippen MR) is 118 cm³/mol. The standard InChI is InChI=1S/C26H19NO5/c1-15-6-8-17(9-7-15)22-14-21(16-10-12-18(13-11-16)27(30)31)23-25(29)24(28)19-4-2-3-5-20(19)26(23)32-22/h2-13,21-22H,14H2,1H3. The molecule has 0 aromatic heterocycles. The molecule has 5 rings (SSSR count). The second kappa shape index (κ2) is 7.57. The molecule has 0 N–H and O–H groups in total. The van der Waals surface area contributed by atoms with Crippen LogP contribution in [0.3, 0.4) is 0 Å². The smallest absolute Gasteiger partial charge is 0.269 e. The van der Waals surface area contributed by atoms with Crippen molar-refractivity contribution in [2.24, 2.45) is 0 Å². The van der Waals surface area contributed by atoms with E-state index in [0.717, 1.165) is 16.7 Å². The number of rotatable bonds is 3. The lowest BCUT2D eigenvalue weighted by atomic mass is 9.75. The molecule has 1 aliphatic carbocycles. The van der Waals surface area contributed by atoms with E-state index in [0.29, 0.717) is 28.9 Å². The number of hydrogen-bond acceptors (Lipinski definition) is 5. The van der Waals surface area contributed by atoms with Crippen molar-refractivity contribution in [3.05, 3.63) is 116 Å². The van der Waals surface area contributed by atoms with Crippen LogP contribution in [0.2, 0.25) is 0 Å². The maximum absolute atomic E-state index is 13.2. The molecule has 3 aromatic carbocycles. The van der Waals surface area contributed by atoms with Gasteiger partial charge in [-0.1, -0.05) is 66.2 Å². The van der Waals surface area contributed by atoms with Gasteiger partial charge in [-0.2, -0.15) is 0 Å². The Morgan fingerprint density at radius 1 is 0.844 bits per heavy atom. The minimum absolute atomic E-state index is 0.0264. The molecule has 6 heteroatoms. The first-order valence-corrected chi connectivity index (χ1v) is 10.3. The van der Waals surface area contributed by atoms with E-state index in [2.05, 4.69) is 0 Å². The molecule has 3 aromatic rings. The molecule has 6 nitrogen and oxygen atoms in total. The van der Waals surface area contributed by atoms with E-state index in [1.165, 1.54) is 12.1 Å². The molecule has 0 saturated carbocycles. The molecule has 0 spiro atoms. The molecule has 158 valence electrons. The molecule has 0 amide bonds. The minimum Gasteiger partial charge on any atom is -0.485 e. The van der Waals surface area contributed by atoms with E-state index in [9.17, 15) is 19.7 Å². The van der Waals surface area contributed by atoms with E-state index < -0.39 is 22.4 Å². The van der Waals surface area contributed by atoms with Crippen molar-refractivity contribution < 1.29 is 19.2 Å². The van der Waals surface area contributed by atoms with Gasteiger partial charge in [-0.3, -0.25) is 19.7 Å². The summed E-state index contributed by atoms with van der Waals surface area (Å²) >= 11 is 0. The van der Waals surface area contributed by atoms with Crippen LogP contribution < -0.4 is 0 Å². The Morgan fingerprint density at radius 3 is 2.12 bits per heavy atom. The molecular formula is C26H19NO5. The van der Waals surface area contributed by atoms with E-state index >= 15 is 0 Å². The SMILES string of the molecule is Cc1ccc(C2CC(c3ccc([N+](=O)[O-])cc3)C3=C(O2)c2ccccc2C(=O)C3=O)cc1. The summed E-state index contributed by atoms with van der Waals surface area (Å²) in [7, 11) is 0. The van der Waals surface area contributed by atoms with Gasteiger partial charge in [0, 0.05) is 29.2 Å². The molecular weight excluding hydrogens is 406 g/mol. The molecule has 0 radical (unpaired) electrons. The Bertz CT molecular complexity index is 1290. The second-order valence-corrected chi connectivity index (χ2v) is 8.10. The Hall–Kier alpha value is -4.06. The van der Waals surface area contributed by atoms with Crippen LogP contribution in [0.1, 0.15) is 51.1 Å². The van der Waals surface area contributed by atoms with Crippen LogP contribution in [0.15, 0.2) is 78.4 Å². The van der Waals surface area contributed by atoms with Gasteiger partial charge in [0.05, 0.1) is 10.5 Å². The number of nitro benzene ring substituents is 1. The van der Waals surface area contributed by atoms with Crippen LogP contribution >= 0.6 is 0 Å². The molecule has 2 atom stereocenters. The molecule has 2 aliphatic rings. The number of benzene rings is 3. The van der Waals surface area contributed by atoms with Crippen molar-refractivity contribution >= 4 is 23.0 Å². The molecule has 1 aliphatic heterocycles. The quantitative estimate of drug-likeness (QED) is 0.322. The monoisotopic (exact) mass is 425 g/mol. The Labute approximate surface area is 184 Å². The maximum atomic E-state index is 13.2. The third-order valence-corrected chi connectivity index (χ3v) is 6.13. The minimum atomic E-state index is -0.579. The Morgan fingerprint density at radius 2 is 1.47 bits per heavy atom. The van der Waals surface area contributed by atoms with Crippen molar-refractivity contribution in [2.75, 3.05) is 0 Å². The molecule has 32 heavy (non-hydrogen) atoms. The average Bonchev–Trinajstić information content (AvgIpc) is 2.82. The summed E-state index contributed by atoms with van der Waals surface area (Å²) in [5, 5.41) is 11.1. The highest BCUT2D eigenvalue weighted by Gasteiger charge is 2.43. The van der Waals surface area contributed by atoms with Crippen molar-refractivity contribution in [1.82, 2.24) is 0 Å². The fourth-order valence-corrected chi connectivity index (χ4v) is 4.45. The summed E-state index contributed by atoms with van der Waals surface area (Å²) in [5.74, 6) is -1.13. The zero-order valence-corrected chi connectivity index (χ0v) is 17.3. The summed E-state index contributed by atoms with van der Waals surface area (Å²) in [5.41, 5.74) is 4.08. The highest BCUT2D eigenvalue weighted by atomic mass is 16.6. The van der Waals surface area contributed by atoms with Crippen LogP contribution in [0.5, 0.6) is 0 Å². The first-order valence-electron chi connectivity index (χ1n) is 10.3. The normalized spacial score (nSPS) is 19.8. The first kappa shape index (κ1) is 19.9. The van der Waals surface area contributed by atoms with Crippen molar-refractivity contribution in [2.45, 2.75) is 25.4 Å². The number of carbonyl (C=O) groups excluding carboxylic acids is 2. The number of allylic oxidation sites excluding steroid dienone is 1. The lowest BCUT2D eigenvalue weighted by Gasteiger charge is -2.36. The highest BCUT2D eigenvalue weighted by molar-refractivity contribution is 6.52. The Balaban J connectivity index is 1.68. The van der Waals surface area contributed by atoms with Crippen molar-refractivity contribution in [1.29, 1.82) is 0 Å². The van der Waals surface area contributed by atoms with Crippen molar-refractivity contribution in [3.63, 3.8) is 0 Å². The number of ketones is 2. The van der Waals surface area contributed by atoms with Gasteiger partial charge in [0.2, 0.25) is 11.6 Å². The summed E-state index contributed by atoms with van der Waals surface area (Å²) in [6.45, 7) is 2.01. The van der Waals surface area contributed by atoms with Gasteiger partial charge in [-0.05, 0) is 24.5 Å². The van der Waals surface area contributed by atoms with Gasteiger partial charge in [-0.25, -0.2) is 0 Å². The van der Waals surface area contributed by atoms with Crippen LogP contribution in [0.25, 0.3) is 5.76 Å². The van der Waals surface area contributed by atoms with E-state index in [1.54, 1.807) is 30.3 Å². The van der Waals surface area contributed by atoms with Gasteiger partial charge < -0.3 is 4.74 Å². The number of non-ortho nitro benzene ring substituents is 1. The second-order valence-electron chi connectivity index (χ2n) is 8.10. The van der Waals surface area contributed by atoms with Crippen LogP contribution in [0, 0.1) is 17.0 Å². The molecule has 2 unspecified atom stereocenters. The zero-order chi connectivity index (χ0) is 22.4. The fourth-order valence-electron chi connectivity index (χ4n) is 4.45. The Kier molecular flexibility index (Phi) is 4.70. The molecule has 1 heterocycles. The summed E-state index contributed by atoms with van der Waals surface area (Å²) < 4.78 is 6.37. The highest BCUT2D eigenvalue weighted by Crippen LogP contribution is 2.49. The number of aryl methyl sites for hydroxylation is 1. The van der Waals surface area contributed by atoms with Gasteiger partial charge in [0.1, 0.15) is 11.9 Å². The molecule has 0 saturated heterocycles. The lowest BCUT2D eigenvalue weighted by Crippen LogP contribution is -2.32. The third kappa shape index (κ3) is 3.21. The lowest BCUT2D eigenvalue weighted by molar-refractivity contribution is -0.384. The number of fused-ring (bicyclic) bond motifs is 2. The van der Waals surface area contributed by atoms with Crippen LogP contribution in [0.4, 0.5) is 5.69 Å². The largest absolute Gasteiger partial charge is 0.485 e. The van der Waals surface area contributed by atoms with Gasteiger partial charge >= 0.3 is 0 Å². The number of carbonyl (C=O) groups is 2. The number of nitro groups is 1. The van der Waals surface area contributed by atoms with Crippen molar-refractivity contribution in [3.8, 4) is 0 Å². The summed E-state index contributed by atoms with van der Waals surface area (Å²) in [4.78, 5) is 36.7. The molecule has 0 bridgehead atoms. The van der Waals surface area contributed by atoms with Gasteiger partial charge in [0.25, 0.3) is 5.69 Å². The van der Waals surface area contributed by atoms with E-state index in [4.69, 9.17) is 4.74 Å². The third-order valence-electron chi connectivity index (χ3n) is 6.13. The molecule has 0 fully saturated rings. The number of nitrogens with zero attached hydrogens (tertiary/aromatic N) is 1. The number of Topliss-reactive ketones (excluding diaryl/α,β-unsaturated/α-hetero) is 2. The van der Waals surface area contributed by atoms with Crippen LogP contribution in [-0.2, 0) is 9.53 Å². The number of ether oxygens (including phenoxy) is 1. The summed E-state index contributed by atoms with van der Waals surface area (Å²) in [6.07, 6.45) is 0.115. The van der Waals surface area contributed by atoms with E-state index in [1.807, 2.05) is 37.3 Å². The van der Waals surface area contributed by atoms with Gasteiger partial charge in [-0.15, -0.1) is 0 Å². The zero-order valence-electron chi connectivity index (χ0n) is 17.3. The first-order chi connectivity index (χ1) is 15.4. The van der Waals surface area contributed by atoms with Gasteiger partial charge in [0.15, 0.2) is 0 Å².